The van der Waals surface area contributed by atoms with Crippen LogP contribution in [0.25, 0.3) is 0 Å². The molecule has 0 bridgehead atoms. The summed E-state index contributed by atoms with van der Waals surface area (Å²) >= 11 is 9.57. The van der Waals surface area contributed by atoms with Gasteiger partial charge in [0.2, 0.25) is 0 Å². The van der Waals surface area contributed by atoms with Gasteiger partial charge in [-0.1, -0.05) is 11.6 Å². The van der Waals surface area contributed by atoms with Gasteiger partial charge in [0.15, 0.2) is 0 Å². The molecule has 4 rings (SSSR count). The first-order chi connectivity index (χ1) is 14.1. The number of aromatic nitrogens is 1. The molecule has 0 atom stereocenters. The third kappa shape index (κ3) is 5.13. The largest absolute Gasteiger partial charge is 0.370 e. The molecule has 1 aromatic heterocycles. The number of nitrogens with one attached hydrogen (secondary N) is 1. The number of halogens is 1. The van der Waals surface area contributed by atoms with Gasteiger partial charge < -0.3 is 10.2 Å². The molecule has 1 N–H and O–H groups in total. The molecule has 0 unspecified atom stereocenters. The fraction of sp³-hybridized carbons (Fsp3) is 0.273. The molecule has 1 saturated heterocycles. The van der Waals surface area contributed by atoms with Crippen molar-refractivity contribution in [3.8, 4) is 0 Å². The standard InChI is InChI=1S/C22H22ClN3OS2/c1-15-24-18(13-28-15)14-29-19-7-4-16(5-8-19)22(27)25-20-12-17(23)6-9-21(20)26-10-2-3-11-26/h4-9,12-13H,2-3,10-11,14H2,1H3,(H,25,27). The van der Waals surface area contributed by atoms with Gasteiger partial charge in [0.25, 0.3) is 5.91 Å². The van der Waals surface area contributed by atoms with Crippen molar-refractivity contribution in [2.75, 3.05) is 23.3 Å². The van der Waals surface area contributed by atoms with E-state index >= 15 is 0 Å². The SMILES string of the molecule is Cc1nc(CSc2ccc(C(=O)Nc3cc(Cl)ccc3N3CCCC3)cc2)cs1. The zero-order valence-corrected chi connectivity index (χ0v) is 18.5. The number of hydrogen-bond acceptors (Lipinski definition) is 5. The number of carbonyl (C=O) groups excluding carboxylic acids is 1. The summed E-state index contributed by atoms with van der Waals surface area (Å²) in [5.41, 5.74) is 3.52. The van der Waals surface area contributed by atoms with Crippen LogP contribution >= 0.6 is 34.7 Å². The van der Waals surface area contributed by atoms with E-state index in [1.54, 1.807) is 23.1 Å². The highest BCUT2D eigenvalue weighted by atomic mass is 35.5. The van der Waals surface area contributed by atoms with Crippen LogP contribution in [0.2, 0.25) is 5.02 Å². The average molecular weight is 444 g/mol. The number of nitrogens with zero attached hydrogens (tertiary/aromatic N) is 2. The van der Waals surface area contributed by atoms with Crippen LogP contribution in [0.5, 0.6) is 0 Å². The molecule has 0 saturated carbocycles. The summed E-state index contributed by atoms with van der Waals surface area (Å²) in [5.74, 6) is 0.705. The zero-order valence-electron chi connectivity index (χ0n) is 16.2. The topological polar surface area (TPSA) is 45.2 Å². The van der Waals surface area contributed by atoms with Crippen molar-refractivity contribution in [3.63, 3.8) is 0 Å². The molecule has 7 heteroatoms. The summed E-state index contributed by atoms with van der Waals surface area (Å²) in [6, 6.07) is 13.4. The number of thiazole rings is 1. The molecule has 0 spiro atoms. The van der Waals surface area contributed by atoms with Gasteiger partial charge in [-0.05, 0) is 62.2 Å². The molecule has 3 aromatic rings. The molecule has 1 amide bonds. The highest BCUT2D eigenvalue weighted by Crippen LogP contribution is 2.32. The Balaban J connectivity index is 1.43. The lowest BCUT2D eigenvalue weighted by Crippen LogP contribution is -2.21. The van der Waals surface area contributed by atoms with E-state index in [4.69, 9.17) is 11.6 Å². The Morgan fingerprint density at radius 3 is 2.66 bits per heavy atom. The van der Waals surface area contributed by atoms with Crippen LogP contribution in [0.15, 0.2) is 52.7 Å². The van der Waals surface area contributed by atoms with Gasteiger partial charge in [0.1, 0.15) is 0 Å². The Bertz CT molecular complexity index is 998. The van der Waals surface area contributed by atoms with E-state index in [1.807, 2.05) is 49.4 Å². The molecule has 0 aliphatic carbocycles. The Morgan fingerprint density at radius 1 is 1.21 bits per heavy atom. The monoisotopic (exact) mass is 443 g/mol. The van der Waals surface area contributed by atoms with E-state index in [-0.39, 0.29) is 5.91 Å². The van der Waals surface area contributed by atoms with E-state index < -0.39 is 0 Å². The van der Waals surface area contributed by atoms with Crippen molar-refractivity contribution in [1.82, 2.24) is 4.98 Å². The molecule has 1 aliphatic rings. The lowest BCUT2D eigenvalue weighted by molar-refractivity contribution is 0.102. The summed E-state index contributed by atoms with van der Waals surface area (Å²) < 4.78 is 0. The van der Waals surface area contributed by atoms with Crippen molar-refractivity contribution in [2.45, 2.75) is 30.4 Å². The van der Waals surface area contributed by atoms with Crippen LogP contribution in [-0.2, 0) is 5.75 Å². The number of aryl methyl sites for hydroxylation is 1. The fourth-order valence-corrected chi connectivity index (χ4v) is 5.05. The molecule has 0 radical (unpaired) electrons. The van der Waals surface area contributed by atoms with E-state index in [0.29, 0.717) is 10.6 Å². The Hall–Kier alpha value is -2.02. The highest BCUT2D eigenvalue weighted by molar-refractivity contribution is 7.98. The summed E-state index contributed by atoms with van der Waals surface area (Å²) in [4.78, 5) is 20.7. The third-order valence-electron chi connectivity index (χ3n) is 4.82. The maximum absolute atomic E-state index is 12.8. The number of amides is 1. The van der Waals surface area contributed by atoms with Gasteiger partial charge in [0.05, 0.1) is 22.1 Å². The minimum absolute atomic E-state index is 0.126. The van der Waals surface area contributed by atoms with Gasteiger partial charge in [-0.15, -0.1) is 23.1 Å². The first-order valence-electron chi connectivity index (χ1n) is 9.58. The summed E-state index contributed by atoms with van der Waals surface area (Å²) in [7, 11) is 0. The van der Waals surface area contributed by atoms with Crippen LogP contribution in [0, 0.1) is 6.92 Å². The smallest absolute Gasteiger partial charge is 0.255 e. The van der Waals surface area contributed by atoms with E-state index in [9.17, 15) is 4.79 Å². The molecule has 2 aromatic carbocycles. The van der Waals surface area contributed by atoms with Crippen molar-refractivity contribution in [3.05, 3.63) is 69.1 Å². The Labute approximate surface area is 184 Å². The predicted octanol–water partition coefficient (Wildman–Crippen LogP) is 6.25. The van der Waals surface area contributed by atoms with Crippen molar-refractivity contribution >= 4 is 52.0 Å². The average Bonchev–Trinajstić information content (AvgIpc) is 3.39. The van der Waals surface area contributed by atoms with Crippen LogP contribution < -0.4 is 10.2 Å². The Kier molecular flexibility index (Phi) is 6.43. The number of carbonyl (C=O) groups is 1. The molecule has 4 nitrogen and oxygen atoms in total. The van der Waals surface area contributed by atoms with Crippen LogP contribution in [0.4, 0.5) is 11.4 Å². The number of anilines is 2. The minimum atomic E-state index is -0.126. The second kappa shape index (κ2) is 9.20. The van der Waals surface area contributed by atoms with Gasteiger partial charge in [-0.3, -0.25) is 4.79 Å². The molecular formula is C22H22ClN3OS2. The van der Waals surface area contributed by atoms with Crippen LogP contribution in [-0.4, -0.2) is 24.0 Å². The van der Waals surface area contributed by atoms with Crippen LogP contribution in [0.1, 0.15) is 33.9 Å². The number of benzene rings is 2. The van der Waals surface area contributed by atoms with E-state index in [1.165, 1.54) is 12.8 Å². The minimum Gasteiger partial charge on any atom is -0.370 e. The van der Waals surface area contributed by atoms with E-state index in [0.717, 1.165) is 45.8 Å². The molecule has 1 aliphatic heterocycles. The normalized spacial score (nSPS) is 13.7. The second-order valence-corrected chi connectivity index (χ2v) is 9.53. The number of rotatable bonds is 6. The van der Waals surface area contributed by atoms with Crippen molar-refractivity contribution < 1.29 is 4.79 Å². The molecule has 150 valence electrons. The van der Waals surface area contributed by atoms with Crippen LogP contribution in [0.3, 0.4) is 0 Å². The third-order valence-corrected chi connectivity index (χ3v) is 6.93. The van der Waals surface area contributed by atoms with Gasteiger partial charge in [-0.25, -0.2) is 4.98 Å². The predicted molar refractivity (Wildman–Crippen MR) is 124 cm³/mol. The first kappa shape index (κ1) is 20.3. The van der Waals surface area contributed by atoms with Crippen molar-refractivity contribution in [1.29, 1.82) is 0 Å². The molecule has 1 fully saturated rings. The summed E-state index contributed by atoms with van der Waals surface area (Å²) in [6.45, 7) is 4.03. The maximum atomic E-state index is 12.8. The number of thioether (sulfide) groups is 1. The highest BCUT2D eigenvalue weighted by Gasteiger charge is 2.18. The quantitative estimate of drug-likeness (QED) is 0.457. The van der Waals surface area contributed by atoms with E-state index in [2.05, 4.69) is 20.6 Å². The lowest BCUT2D eigenvalue weighted by atomic mass is 10.2. The molecular weight excluding hydrogens is 422 g/mol. The van der Waals surface area contributed by atoms with Gasteiger partial charge in [0, 0.05) is 39.7 Å². The summed E-state index contributed by atoms with van der Waals surface area (Å²) in [5, 5.41) is 6.84. The zero-order chi connectivity index (χ0) is 20.2. The molecule has 2 heterocycles. The summed E-state index contributed by atoms with van der Waals surface area (Å²) in [6.07, 6.45) is 2.35. The van der Waals surface area contributed by atoms with Gasteiger partial charge in [-0.2, -0.15) is 0 Å². The fourth-order valence-electron chi connectivity index (χ4n) is 3.37. The maximum Gasteiger partial charge on any atom is 0.255 e. The second-order valence-electron chi connectivity index (χ2n) is 6.98. The Morgan fingerprint density at radius 2 is 1.97 bits per heavy atom. The molecule has 29 heavy (non-hydrogen) atoms. The van der Waals surface area contributed by atoms with Gasteiger partial charge >= 0.3 is 0 Å². The lowest BCUT2D eigenvalue weighted by Gasteiger charge is -2.22. The first-order valence-corrected chi connectivity index (χ1v) is 11.8. The van der Waals surface area contributed by atoms with Crippen molar-refractivity contribution in [2.24, 2.45) is 0 Å². The number of hydrogen-bond donors (Lipinski definition) is 1.